The third-order valence-corrected chi connectivity index (χ3v) is 5.97. The quantitative estimate of drug-likeness (QED) is 0.435. The van der Waals surface area contributed by atoms with Crippen molar-refractivity contribution >= 4 is 12.2 Å². The highest BCUT2D eigenvalue weighted by Gasteiger charge is 2.11. The molecule has 1 aliphatic rings. The maximum Gasteiger partial charge on any atom is 0.0912 e. The molecule has 0 bridgehead atoms. The Kier molecular flexibility index (Phi) is 8.04. The minimum Gasteiger partial charge on any atom is -0.317 e. The van der Waals surface area contributed by atoms with Crippen LogP contribution < -0.4 is 15.8 Å². The topological polar surface area (TPSA) is 53.6 Å². The lowest BCUT2D eigenvalue weighted by atomic mass is 9.99. The number of nitrogens with zero attached hydrogens (tertiary/aromatic N) is 2. The number of unbranched alkanes of at least 4 members (excludes halogenated alkanes) is 2. The van der Waals surface area contributed by atoms with Crippen molar-refractivity contribution in [2.24, 2.45) is 0 Å². The van der Waals surface area contributed by atoms with Crippen LogP contribution in [-0.2, 0) is 0 Å². The summed E-state index contributed by atoms with van der Waals surface area (Å²) in [6.45, 7) is 6.47. The average molecular weight is 439 g/mol. The van der Waals surface area contributed by atoms with Crippen LogP contribution >= 0.6 is 0 Å². The first-order valence-corrected chi connectivity index (χ1v) is 12.1. The second-order valence-electron chi connectivity index (χ2n) is 8.66. The highest BCUT2D eigenvalue weighted by Crippen LogP contribution is 2.28. The molecule has 0 atom stereocenters. The van der Waals surface area contributed by atoms with Gasteiger partial charge in [0.2, 0.25) is 0 Å². The minimum absolute atomic E-state index is 0.918. The number of aromatic nitrogens is 3. The number of H-pyrrole nitrogens is 1. The summed E-state index contributed by atoms with van der Waals surface area (Å²) in [6, 6.07) is 12.7. The summed E-state index contributed by atoms with van der Waals surface area (Å²) < 4.78 is 0. The summed E-state index contributed by atoms with van der Waals surface area (Å²) >= 11 is 0. The number of fused-ring (bicyclic) bond motifs is 1. The lowest BCUT2D eigenvalue weighted by Gasteiger charge is -2.07. The molecule has 3 aromatic rings. The predicted molar refractivity (Wildman–Crippen MR) is 139 cm³/mol. The smallest absolute Gasteiger partial charge is 0.0912 e. The van der Waals surface area contributed by atoms with Crippen molar-refractivity contribution in [3.8, 4) is 22.5 Å². The van der Waals surface area contributed by atoms with Gasteiger partial charge in [-0.3, -0.25) is 10.1 Å². The molecule has 33 heavy (non-hydrogen) atoms. The van der Waals surface area contributed by atoms with Gasteiger partial charge in [0.1, 0.15) is 0 Å². The Hall–Kier alpha value is -3.24. The van der Waals surface area contributed by atoms with Crippen LogP contribution in [-0.4, -0.2) is 28.3 Å². The van der Waals surface area contributed by atoms with E-state index in [0.29, 0.717) is 0 Å². The number of allylic oxidation sites excluding steroid dienone is 4. The van der Waals surface area contributed by atoms with Gasteiger partial charge < -0.3 is 5.32 Å². The van der Waals surface area contributed by atoms with Gasteiger partial charge in [-0.1, -0.05) is 61.9 Å². The molecule has 0 aliphatic heterocycles. The van der Waals surface area contributed by atoms with Crippen molar-refractivity contribution in [2.45, 2.75) is 46.0 Å². The van der Waals surface area contributed by atoms with Crippen LogP contribution in [0.3, 0.4) is 0 Å². The van der Waals surface area contributed by atoms with Gasteiger partial charge in [-0.25, -0.2) is 0 Å². The van der Waals surface area contributed by atoms with Crippen LogP contribution in [0.25, 0.3) is 34.7 Å². The first-order chi connectivity index (χ1) is 16.2. The highest BCUT2D eigenvalue weighted by molar-refractivity contribution is 5.79. The Morgan fingerprint density at radius 2 is 1.85 bits per heavy atom. The Labute approximate surface area is 196 Å². The predicted octanol–water partition coefficient (Wildman–Crippen LogP) is 5.06. The van der Waals surface area contributed by atoms with Gasteiger partial charge in [0.05, 0.1) is 17.6 Å². The van der Waals surface area contributed by atoms with Gasteiger partial charge in [-0.2, -0.15) is 5.10 Å². The van der Waals surface area contributed by atoms with Crippen molar-refractivity contribution in [3.63, 3.8) is 0 Å². The average Bonchev–Trinajstić information content (AvgIpc) is 3.30. The Morgan fingerprint density at radius 3 is 2.73 bits per heavy atom. The molecule has 0 fully saturated rings. The Balaban J connectivity index is 1.56. The Bertz CT molecular complexity index is 1250. The molecule has 1 aromatic carbocycles. The summed E-state index contributed by atoms with van der Waals surface area (Å²) in [5, 5.41) is 13.5. The summed E-state index contributed by atoms with van der Waals surface area (Å²) in [4.78, 5) is 4.69. The molecule has 2 aromatic heterocycles. The Morgan fingerprint density at radius 1 is 0.939 bits per heavy atom. The minimum atomic E-state index is 0.918. The zero-order valence-corrected chi connectivity index (χ0v) is 19.8. The highest BCUT2D eigenvalue weighted by atomic mass is 15.1. The van der Waals surface area contributed by atoms with Gasteiger partial charge in [0, 0.05) is 11.3 Å². The van der Waals surface area contributed by atoms with E-state index >= 15 is 0 Å². The van der Waals surface area contributed by atoms with Gasteiger partial charge in [-0.05, 0) is 85.5 Å². The number of hydrogen-bond acceptors (Lipinski definition) is 3. The normalized spacial score (nSPS) is 14.8. The van der Waals surface area contributed by atoms with Gasteiger partial charge in [0.25, 0.3) is 0 Å². The van der Waals surface area contributed by atoms with E-state index in [1.807, 2.05) is 31.3 Å². The van der Waals surface area contributed by atoms with E-state index in [1.54, 1.807) is 0 Å². The number of aryl methyl sites for hydroxylation is 1. The van der Waals surface area contributed by atoms with Crippen LogP contribution in [0, 0.1) is 6.92 Å². The van der Waals surface area contributed by atoms with Crippen LogP contribution in [0.4, 0.5) is 0 Å². The number of benzene rings is 1. The molecule has 4 nitrogen and oxygen atoms in total. The molecular formula is C29H34N4. The molecule has 0 unspecified atom stereocenters. The molecule has 2 heterocycles. The lowest BCUT2D eigenvalue weighted by molar-refractivity contribution is 0.600. The standard InChI is InChI=1S/C29H34N4/c1-3-17-30-18-8-4-5-11-23-12-6-7-13-24-15-16-25(20-26(24)19-23)27-21-31-33-29(27)28-14-9-10-22(2)32-28/h6-7,9-10,12-16,19-21,30H,3-5,8,11,17-18H2,1-2H3,(H,31,33)/b7-6+,12-6?,13-7?,23-12?,23-19?,24-13+,26-19?. The molecule has 0 radical (unpaired) electrons. The fraction of sp³-hybridized carbons (Fsp3) is 0.310. The molecule has 1 aliphatic carbocycles. The maximum absolute atomic E-state index is 4.69. The number of hydrogen-bond donors (Lipinski definition) is 2. The molecule has 0 saturated heterocycles. The number of nitrogens with one attached hydrogen (secondary N) is 2. The molecule has 4 rings (SSSR count). The maximum atomic E-state index is 4.69. The van der Waals surface area contributed by atoms with Crippen LogP contribution in [0.5, 0.6) is 0 Å². The molecule has 0 spiro atoms. The lowest BCUT2D eigenvalue weighted by Crippen LogP contribution is -2.24. The second-order valence-corrected chi connectivity index (χ2v) is 8.66. The third kappa shape index (κ3) is 6.17. The van der Waals surface area contributed by atoms with Crippen molar-refractivity contribution in [2.75, 3.05) is 13.1 Å². The van der Waals surface area contributed by atoms with Crippen molar-refractivity contribution in [1.82, 2.24) is 20.5 Å². The molecule has 4 heteroatoms. The fourth-order valence-electron chi connectivity index (χ4n) is 4.20. The fourth-order valence-corrected chi connectivity index (χ4v) is 4.20. The van der Waals surface area contributed by atoms with E-state index in [2.05, 4.69) is 76.0 Å². The van der Waals surface area contributed by atoms with E-state index in [0.717, 1.165) is 47.7 Å². The summed E-state index contributed by atoms with van der Waals surface area (Å²) in [7, 11) is 0. The number of aromatic amines is 1. The van der Waals surface area contributed by atoms with Crippen molar-refractivity contribution in [1.29, 1.82) is 0 Å². The van der Waals surface area contributed by atoms with Gasteiger partial charge >= 0.3 is 0 Å². The van der Waals surface area contributed by atoms with Crippen molar-refractivity contribution in [3.05, 3.63) is 82.5 Å². The zero-order chi connectivity index (χ0) is 22.9. The molecule has 2 N–H and O–H groups in total. The molecule has 0 amide bonds. The first-order valence-electron chi connectivity index (χ1n) is 12.1. The van der Waals surface area contributed by atoms with Crippen LogP contribution in [0.15, 0.2) is 66.4 Å². The van der Waals surface area contributed by atoms with Gasteiger partial charge in [-0.15, -0.1) is 0 Å². The molecular weight excluding hydrogens is 404 g/mol. The van der Waals surface area contributed by atoms with E-state index in [9.17, 15) is 0 Å². The molecule has 170 valence electrons. The van der Waals surface area contributed by atoms with E-state index in [1.165, 1.54) is 41.7 Å². The largest absolute Gasteiger partial charge is 0.317 e. The SMILES string of the molecule is CCCNCCCCCC1=C/C=C/C=c2\ccc(-c3cn[nH]c3-c3cccc(C)n3)cc2=C1. The van der Waals surface area contributed by atoms with Crippen LogP contribution in [0.2, 0.25) is 0 Å². The summed E-state index contributed by atoms with van der Waals surface area (Å²) in [5.74, 6) is 0. The zero-order valence-electron chi connectivity index (χ0n) is 19.8. The monoisotopic (exact) mass is 438 g/mol. The van der Waals surface area contributed by atoms with E-state index in [-0.39, 0.29) is 0 Å². The number of pyridine rings is 1. The second kappa shape index (κ2) is 11.6. The van der Waals surface area contributed by atoms with Gasteiger partial charge in [0.15, 0.2) is 0 Å². The van der Waals surface area contributed by atoms with Crippen molar-refractivity contribution < 1.29 is 0 Å². The third-order valence-electron chi connectivity index (χ3n) is 5.97. The van der Waals surface area contributed by atoms with E-state index in [4.69, 9.17) is 0 Å². The summed E-state index contributed by atoms with van der Waals surface area (Å²) in [5.41, 5.74) is 6.48. The molecule has 0 saturated carbocycles. The first kappa shape index (κ1) is 22.9. The van der Waals surface area contributed by atoms with Crippen LogP contribution in [0.1, 0.15) is 44.7 Å². The number of rotatable bonds is 10. The summed E-state index contributed by atoms with van der Waals surface area (Å²) in [6.07, 6.45) is 19.0. The van der Waals surface area contributed by atoms with E-state index < -0.39 is 0 Å².